The zero-order chi connectivity index (χ0) is 9.84. The number of carbonyl (C=O) groups excluding carboxylic acids is 1. The van der Waals surface area contributed by atoms with Gasteiger partial charge in [-0.05, 0) is 20.8 Å². The quantitative estimate of drug-likeness (QED) is 0.643. The van der Waals surface area contributed by atoms with Gasteiger partial charge in [-0.3, -0.25) is 0 Å². The van der Waals surface area contributed by atoms with Gasteiger partial charge in [-0.1, -0.05) is 0 Å². The van der Waals surface area contributed by atoms with Crippen LogP contribution < -0.4 is 0 Å². The second-order valence-electron chi connectivity index (χ2n) is 2.64. The number of aromatic nitrogens is 2. The summed E-state index contributed by atoms with van der Waals surface area (Å²) < 4.78 is 4.83. The van der Waals surface area contributed by atoms with Crippen molar-refractivity contribution in [3.8, 4) is 0 Å². The van der Waals surface area contributed by atoms with E-state index in [0.717, 1.165) is 0 Å². The molecular weight excluding hydrogens is 168 g/mol. The Kier molecular flexibility index (Phi) is 2.95. The molecule has 4 heteroatoms. The van der Waals surface area contributed by atoms with Gasteiger partial charge in [0, 0.05) is 6.20 Å². The third-order valence-corrected chi connectivity index (χ3v) is 1.60. The summed E-state index contributed by atoms with van der Waals surface area (Å²) in [5.74, 6) is 0.297. The van der Waals surface area contributed by atoms with Crippen LogP contribution in [0.1, 0.15) is 28.8 Å². The first-order valence-corrected chi connectivity index (χ1v) is 4.12. The van der Waals surface area contributed by atoms with Gasteiger partial charge in [0.25, 0.3) is 0 Å². The lowest BCUT2D eigenvalue weighted by atomic mass is 10.2. The molecule has 0 aromatic carbocycles. The van der Waals surface area contributed by atoms with Gasteiger partial charge >= 0.3 is 5.97 Å². The molecule has 0 amide bonds. The van der Waals surface area contributed by atoms with E-state index in [1.165, 1.54) is 6.20 Å². The molecule has 0 saturated carbocycles. The van der Waals surface area contributed by atoms with Crippen molar-refractivity contribution in [1.82, 2.24) is 9.97 Å². The summed E-state index contributed by atoms with van der Waals surface area (Å²) in [6, 6.07) is 0. The van der Waals surface area contributed by atoms with Crippen molar-refractivity contribution >= 4 is 5.97 Å². The van der Waals surface area contributed by atoms with Crippen LogP contribution in [-0.2, 0) is 4.74 Å². The number of aryl methyl sites for hydroxylation is 2. The summed E-state index contributed by atoms with van der Waals surface area (Å²) in [6.07, 6.45) is 1.50. The Morgan fingerprint density at radius 2 is 2.23 bits per heavy atom. The zero-order valence-electron chi connectivity index (χ0n) is 8.00. The van der Waals surface area contributed by atoms with Gasteiger partial charge in [-0.2, -0.15) is 0 Å². The van der Waals surface area contributed by atoms with Crippen LogP contribution in [0.15, 0.2) is 6.20 Å². The minimum absolute atomic E-state index is 0.361. The van der Waals surface area contributed by atoms with E-state index < -0.39 is 0 Å². The molecule has 0 atom stereocenters. The molecular formula is C9H12N2O2. The monoisotopic (exact) mass is 180 g/mol. The van der Waals surface area contributed by atoms with Crippen LogP contribution in [0.25, 0.3) is 0 Å². The molecule has 0 radical (unpaired) electrons. The van der Waals surface area contributed by atoms with E-state index in [1.807, 2.05) is 0 Å². The van der Waals surface area contributed by atoms with Gasteiger partial charge in [-0.15, -0.1) is 0 Å². The molecule has 4 nitrogen and oxygen atoms in total. The van der Waals surface area contributed by atoms with Gasteiger partial charge in [0.2, 0.25) is 0 Å². The average Bonchev–Trinajstić information content (AvgIpc) is 2.04. The van der Waals surface area contributed by atoms with E-state index in [0.29, 0.717) is 23.7 Å². The number of hydrogen-bond acceptors (Lipinski definition) is 4. The van der Waals surface area contributed by atoms with Crippen molar-refractivity contribution in [1.29, 1.82) is 0 Å². The van der Waals surface area contributed by atoms with Gasteiger partial charge in [-0.25, -0.2) is 14.8 Å². The predicted octanol–water partition coefficient (Wildman–Crippen LogP) is 1.27. The molecule has 0 spiro atoms. The Morgan fingerprint density at radius 1 is 1.54 bits per heavy atom. The molecule has 0 aliphatic carbocycles. The summed E-state index contributed by atoms with van der Waals surface area (Å²) >= 11 is 0. The van der Waals surface area contributed by atoms with Crippen molar-refractivity contribution in [2.75, 3.05) is 6.61 Å². The highest BCUT2D eigenvalue weighted by Gasteiger charge is 2.10. The SMILES string of the molecule is CCOC(=O)c1cnc(C)nc1C. The van der Waals surface area contributed by atoms with Crippen LogP contribution >= 0.6 is 0 Å². The minimum atomic E-state index is -0.361. The first-order valence-electron chi connectivity index (χ1n) is 4.12. The van der Waals surface area contributed by atoms with Crippen LogP contribution in [0.5, 0.6) is 0 Å². The fraction of sp³-hybridized carbons (Fsp3) is 0.444. The molecule has 1 rings (SSSR count). The third kappa shape index (κ3) is 2.24. The lowest BCUT2D eigenvalue weighted by Crippen LogP contribution is -2.09. The molecule has 0 unspecified atom stereocenters. The Bertz CT molecular complexity index is 323. The maximum absolute atomic E-state index is 11.3. The topological polar surface area (TPSA) is 52.1 Å². The number of carbonyl (C=O) groups is 1. The second-order valence-corrected chi connectivity index (χ2v) is 2.64. The fourth-order valence-electron chi connectivity index (χ4n) is 0.992. The van der Waals surface area contributed by atoms with Crippen LogP contribution in [0.3, 0.4) is 0 Å². The molecule has 0 N–H and O–H groups in total. The second kappa shape index (κ2) is 3.98. The van der Waals surface area contributed by atoms with Crippen LogP contribution in [0.2, 0.25) is 0 Å². The van der Waals surface area contributed by atoms with Crippen LogP contribution in [0, 0.1) is 13.8 Å². The van der Waals surface area contributed by atoms with E-state index in [1.54, 1.807) is 20.8 Å². The third-order valence-electron chi connectivity index (χ3n) is 1.60. The molecule has 0 saturated heterocycles. The molecule has 1 aromatic rings. The fourth-order valence-corrected chi connectivity index (χ4v) is 0.992. The van der Waals surface area contributed by atoms with Gasteiger partial charge in [0.1, 0.15) is 5.82 Å². The van der Waals surface area contributed by atoms with E-state index >= 15 is 0 Å². The van der Waals surface area contributed by atoms with Gasteiger partial charge in [0.05, 0.1) is 17.9 Å². The highest BCUT2D eigenvalue weighted by Crippen LogP contribution is 2.05. The molecule has 13 heavy (non-hydrogen) atoms. The summed E-state index contributed by atoms with van der Waals surface area (Å²) in [6.45, 7) is 5.68. The van der Waals surface area contributed by atoms with E-state index in [2.05, 4.69) is 9.97 Å². The normalized spacial score (nSPS) is 9.77. The molecule has 0 bridgehead atoms. The molecule has 1 heterocycles. The van der Waals surface area contributed by atoms with Crippen molar-refractivity contribution in [2.24, 2.45) is 0 Å². The smallest absolute Gasteiger partial charge is 0.341 e. The Labute approximate surface area is 77.0 Å². The standard InChI is InChI=1S/C9H12N2O2/c1-4-13-9(12)8-5-10-7(3)11-6(8)2/h5H,4H2,1-3H3. The van der Waals surface area contributed by atoms with Crippen LogP contribution in [0.4, 0.5) is 0 Å². The maximum Gasteiger partial charge on any atom is 0.341 e. The van der Waals surface area contributed by atoms with Crippen molar-refractivity contribution < 1.29 is 9.53 Å². The first-order chi connectivity index (χ1) is 6.15. The van der Waals surface area contributed by atoms with Crippen molar-refractivity contribution in [3.63, 3.8) is 0 Å². The summed E-state index contributed by atoms with van der Waals surface area (Å²) in [5, 5.41) is 0. The maximum atomic E-state index is 11.3. The van der Waals surface area contributed by atoms with Crippen molar-refractivity contribution in [3.05, 3.63) is 23.3 Å². The lowest BCUT2D eigenvalue weighted by molar-refractivity contribution is 0.0524. The molecule has 0 aliphatic rings. The summed E-state index contributed by atoms with van der Waals surface area (Å²) in [4.78, 5) is 19.3. The van der Waals surface area contributed by atoms with Gasteiger partial charge in [0.15, 0.2) is 0 Å². The van der Waals surface area contributed by atoms with E-state index in [9.17, 15) is 4.79 Å². The minimum Gasteiger partial charge on any atom is -0.462 e. The number of nitrogens with zero attached hydrogens (tertiary/aromatic N) is 2. The largest absolute Gasteiger partial charge is 0.462 e. The Hall–Kier alpha value is -1.45. The molecule has 0 fully saturated rings. The summed E-state index contributed by atoms with van der Waals surface area (Å²) in [5.41, 5.74) is 1.10. The lowest BCUT2D eigenvalue weighted by Gasteiger charge is -2.03. The Morgan fingerprint density at radius 3 is 2.77 bits per heavy atom. The number of esters is 1. The highest BCUT2D eigenvalue weighted by molar-refractivity contribution is 5.90. The number of ether oxygens (including phenoxy) is 1. The number of rotatable bonds is 2. The summed E-state index contributed by atoms with van der Waals surface area (Å²) in [7, 11) is 0. The van der Waals surface area contributed by atoms with Crippen LogP contribution in [-0.4, -0.2) is 22.5 Å². The first kappa shape index (κ1) is 9.64. The molecule has 0 aliphatic heterocycles. The van der Waals surface area contributed by atoms with E-state index in [4.69, 9.17) is 4.74 Å². The molecule has 70 valence electrons. The van der Waals surface area contributed by atoms with E-state index in [-0.39, 0.29) is 5.97 Å². The average molecular weight is 180 g/mol. The molecule has 1 aromatic heterocycles. The van der Waals surface area contributed by atoms with Crippen molar-refractivity contribution in [2.45, 2.75) is 20.8 Å². The highest BCUT2D eigenvalue weighted by atomic mass is 16.5. The number of hydrogen-bond donors (Lipinski definition) is 0. The Balaban J connectivity index is 2.95. The van der Waals surface area contributed by atoms with Gasteiger partial charge < -0.3 is 4.74 Å². The predicted molar refractivity (Wildman–Crippen MR) is 47.5 cm³/mol. The zero-order valence-corrected chi connectivity index (χ0v) is 8.00.